The van der Waals surface area contributed by atoms with Gasteiger partial charge in [-0.1, -0.05) is 84.9 Å². The summed E-state index contributed by atoms with van der Waals surface area (Å²) in [5.41, 5.74) is 6.08. The Bertz CT molecular complexity index is 1620. The van der Waals surface area contributed by atoms with Crippen LogP contribution in [-0.4, -0.2) is 33.7 Å². The van der Waals surface area contributed by atoms with Crippen molar-refractivity contribution in [3.05, 3.63) is 135 Å². The third kappa shape index (κ3) is 7.91. The zero-order chi connectivity index (χ0) is 29.1. The first-order valence-electron chi connectivity index (χ1n) is 13.7. The number of hydrogen-bond acceptors (Lipinski definition) is 6. The molecule has 0 bridgehead atoms. The summed E-state index contributed by atoms with van der Waals surface area (Å²) in [6.45, 7) is 0.514. The highest BCUT2D eigenvalue weighted by molar-refractivity contribution is 14.1. The van der Waals surface area contributed by atoms with E-state index in [0.717, 1.165) is 47.3 Å². The maximum Gasteiger partial charge on any atom is 0.337 e. The lowest BCUT2D eigenvalue weighted by Crippen LogP contribution is -2.05. The van der Waals surface area contributed by atoms with Crippen LogP contribution in [0.1, 0.15) is 39.0 Å². The molecular formula is C34H31IN4O3. The number of aromatic nitrogens is 4. The molecule has 0 radical (unpaired) electrons. The van der Waals surface area contributed by atoms with E-state index in [-0.39, 0.29) is 11.9 Å². The minimum Gasteiger partial charge on any atom is -0.488 e. The number of tetrazole rings is 1. The van der Waals surface area contributed by atoms with Crippen LogP contribution in [-0.2, 0) is 24.2 Å². The van der Waals surface area contributed by atoms with E-state index in [1.165, 1.54) is 16.2 Å². The number of H-pyrrole nitrogens is 1. The fourth-order valence-corrected chi connectivity index (χ4v) is 5.22. The zero-order valence-electron chi connectivity index (χ0n) is 23.2. The molecule has 8 heteroatoms. The Morgan fingerprint density at radius 1 is 0.929 bits per heavy atom. The molecule has 5 aromatic rings. The van der Waals surface area contributed by atoms with Crippen LogP contribution in [0.25, 0.3) is 17.5 Å². The van der Waals surface area contributed by atoms with Crippen molar-refractivity contribution in [1.29, 1.82) is 0 Å². The molecule has 0 aliphatic rings. The summed E-state index contributed by atoms with van der Waals surface area (Å²) in [7, 11) is 1.40. The van der Waals surface area contributed by atoms with Gasteiger partial charge in [-0.3, -0.25) is 0 Å². The van der Waals surface area contributed by atoms with Crippen molar-refractivity contribution in [2.24, 2.45) is 5.92 Å². The minimum absolute atomic E-state index is 0.258. The Morgan fingerprint density at radius 3 is 2.40 bits per heavy atom. The van der Waals surface area contributed by atoms with Gasteiger partial charge < -0.3 is 9.47 Å². The van der Waals surface area contributed by atoms with Gasteiger partial charge in [-0.2, -0.15) is 5.21 Å². The zero-order valence-corrected chi connectivity index (χ0v) is 25.4. The van der Waals surface area contributed by atoms with Crippen LogP contribution in [0.2, 0.25) is 0 Å². The topological polar surface area (TPSA) is 90.0 Å². The molecule has 4 aromatic carbocycles. The molecular weight excluding hydrogens is 639 g/mol. The number of allylic oxidation sites excluding steroid dienone is 1. The molecule has 1 aromatic heterocycles. The number of esters is 1. The number of carbonyl (C=O) groups excluding carboxylic acids is 1. The first-order valence-corrected chi connectivity index (χ1v) is 14.8. The average Bonchev–Trinajstić information content (AvgIpc) is 3.58. The number of nitrogens with zero attached hydrogens (tertiary/aromatic N) is 3. The van der Waals surface area contributed by atoms with E-state index in [1.807, 2.05) is 66.7 Å². The van der Waals surface area contributed by atoms with E-state index >= 15 is 0 Å². The number of rotatable bonds is 12. The maximum atomic E-state index is 11.9. The molecule has 212 valence electrons. The number of carbonyl (C=O) groups is 1. The van der Waals surface area contributed by atoms with E-state index < -0.39 is 0 Å². The normalized spacial score (nSPS) is 11.9. The highest BCUT2D eigenvalue weighted by Gasteiger charge is 2.11. The number of aromatic amines is 1. The van der Waals surface area contributed by atoms with Gasteiger partial charge in [-0.15, -0.1) is 10.2 Å². The molecule has 0 saturated carbocycles. The van der Waals surface area contributed by atoms with Gasteiger partial charge in [-0.25, -0.2) is 4.79 Å². The van der Waals surface area contributed by atoms with Gasteiger partial charge in [0.15, 0.2) is 0 Å². The van der Waals surface area contributed by atoms with E-state index in [0.29, 0.717) is 18.0 Å². The van der Waals surface area contributed by atoms with E-state index in [4.69, 9.17) is 9.47 Å². The SMILES string of the molecule is COC(=O)c1ccc(CC(/C=C/c2ccccc2OCc2ccccc2I)CCc2ccc(-c3nn[nH]n3)cc2)cc1. The number of benzene rings is 4. The largest absolute Gasteiger partial charge is 0.488 e. The summed E-state index contributed by atoms with van der Waals surface area (Å²) in [6.07, 6.45) is 7.13. The van der Waals surface area contributed by atoms with Crippen LogP contribution < -0.4 is 4.74 Å². The standard InChI is InChI=1S/C34H31IN4O3/c1-41-34(40)29-20-15-26(16-21-29)22-25(11-10-24-12-18-28(19-13-24)33-36-38-39-37-33)14-17-27-6-3-5-9-32(27)42-23-30-7-2-4-8-31(30)35/h2-9,12-21,25H,10-11,22-23H2,1H3,(H,36,37,38,39)/b17-14+. The third-order valence-corrected chi connectivity index (χ3v) is 8.09. The molecule has 0 fully saturated rings. The lowest BCUT2D eigenvalue weighted by Gasteiger charge is -2.15. The molecule has 1 unspecified atom stereocenters. The van der Waals surface area contributed by atoms with Gasteiger partial charge in [-0.05, 0) is 88.4 Å². The molecule has 0 saturated heterocycles. The average molecular weight is 671 g/mol. The van der Waals surface area contributed by atoms with Gasteiger partial charge in [0.1, 0.15) is 12.4 Å². The Hall–Kier alpha value is -4.31. The van der Waals surface area contributed by atoms with Crippen LogP contribution in [0.3, 0.4) is 0 Å². The molecule has 1 N–H and O–H groups in total. The van der Waals surface area contributed by atoms with Gasteiger partial charge in [0.25, 0.3) is 0 Å². The number of para-hydroxylation sites is 1. The molecule has 42 heavy (non-hydrogen) atoms. The fraction of sp³-hybridized carbons (Fsp3) is 0.176. The summed E-state index contributed by atoms with van der Waals surface area (Å²) in [5, 5.41) is 14.3. The predicted molar refractivity (Wildman–Crippen MR) is 172 cm³/mol. The predicted octanol–water partition coefficient (Wildman–Crippen LogP) is 7.34. The molecule has 0 spiro atoms. The van der Waals surface area contributed by atoms with Crippen molar-refractivity contribution in [2.75, 3.05) is 7.11 Å². The van der Waals surface area contributed by atoms with Gasteiger partial charge in [0.2, 0.25) is 5.82 Å². The van der Waals surface area contributed by atoms with E-state index in [2.05, 4.69) is 85.7 Å². The van der Waals surface area contributed by atoms with Crippen molar-refractivity contribution in [3.63, 3.8) is 0 Å². The van der Waals surface area contributed by atoms with Gasteiger partial charge >= 0.3 is 5.97 Å². The lowest BCUT2D eigenvalue weighted by molar-refractivity contribution is 0.0600. The monoisotopic (exact) mass is 670 g/mol. The number of hydrogen-bond donors (Lipinski definition) is 1. The first kappa shape index (κ1) is 29.2. The highest BCUT2D eigenvalue weighted by Crippen LogP contribution is 2.25. The Kier molecular flexibility index (Phi) is 10.1. The first-order chi connectivity index (χ1) is 20.6. The van der Waals surface area contributed by atoms with Crippen LogP contribution in [0.15, 0.2) is 103 Å². The Balaban J connectivity index is 1.31. The summed E-state index contributed by atoms with van der Waals surface area (Å²) in [4.78, 5) is 11.9. The fourth-order valence-electron chi connectivity index (χ4n) is 4.68. The molecule has 5 rings (SSSR count). The number of nitrogens with one attached hydrogen (secondary N) is 1. The van der Waals surface area contributed by atoms with Crippen LogP contribution in [0.4, 0.5) is 0 Å². The number of ether oxygens (including phenoxy) is 2. The summed E-state index contributed by atoms with van der Waals surface area (Å²) >= 11 is 2.34. The Morgan fingerprint density at radius 2 is 1.67 bits per heavy atom. The van der Waals surface area contributed by atoms with E-state index in [9.17, 15) is 4.79 Å². The molecule has 0 aliphatic heterocycles. The second-order valence-electron chi connectivity index (χ2n) is 9.90. The van der Waals surface area contributed by atoms with Crippen LogP contribution in [0, 0.1) is 9.49 Å². The van der Waals surface area contributed by atoms with Crippen LogP contribution >= 0.6 is 22.6 Å². The van der Waals surface area contributed by atoms with Crippen LogP contribution in [0.5, 0.6) is 5.75 Å². The van der Waals surface area contributed by atoms with Crippen molar-refractivity contribution in [2.45, 2.75) is 25.9 Å². The number of methoxy groups -OCH3 is 1. The summed E-state index contributed by atoms with van der Waals surface area (Å²) in [5.74, 6) is 1.37. The molecule has 7 nitrogen and oxygen atoms in total. The van der Waals surface area contributed by atoms with Crippen molar-refractivity contribution in [3.8, 4) is 17.1 Å². The highest BCUT2D eigenvalue weighted by atomic mass is 127. The second-order valence-corrected chi connectivity index (χ2v) is 11.1. The summed E-state index contributed by atoms with van der Waals surface area (Å²) in [6, 6.07) is 32.3. The molecule has 1 atom stereocenters. The van der Waals surface area contributed by atoms with Gasteiger partial charge in [0.05, 0.1) is 12.7 Å². The quantitative estimate of drug-likeness (QED) is 0.110. The Labute approximate surface area is 259 Å². The number of aryl methyl sites for hydroxylation is 1. The van der Waals surface area contributed by atoms with Crippen molar-refractivity contribution in [1.82, 2.24) is 20.6 Å². The molecule has 1 heterocycles. The second kappa shape index (κ2) is 14.5. The smallest absolute Gasteiger partial charge is 0.337 e. The van der Waals surface area contributed by atoms with Crippen molar-refractivity contribution < 1.29 is 14.3 Å². The maximum absolute atomic E-state index is 11.9. The number of halogens is 1. The lowest BCUT2D eigenvalue weighted by atomic mass is 9.91. The molecule has 0 aliphatic carbocycles. The van der Waals surface area contributed by atoms with Crippen molar-refractivity contribution >= 4 is 34.6 Å². The molecule has 0 amide bonds. The minimum atomic E-state index is -0.330. The van der Waals surface area contributed by atoms with E-state index in [1.54, 1.807) is 0 Å². The summed E-state index contributed by atoms with van der Waals surface area (Å²) < 4.78 is 12.3. The third-order valence-electron chi connectivity index (χ3n) is 7.04. The van der Waals surface area contributed by atoms with Gasteiger partial charge in [0, 0.05) is 20.3 Å².